The third-order valence-corrected chi connectivity index (χ3v) is 8.11. The molecule has 0 aliphatic heterocycles. The van der Waals surface area contributed by atoms with Gasteiger partial charge in [0.15, 0.2) is 0 Å². The Morgan fingerprint density at radius 2 is 0.936 bits per heavy atom. The van der Waals surface area contributed by atoms with Crippen LogP contribution in [0.3, 0.4) is 0 Å². The zero-order chi connectivity index (χ0) is 32.5. The first kappa shape index (κ1) is 33.5. The van der Waals surface area contributed by atoms with Gasteiger partial charge in [0.05, 0.1) is 39.0 Å². The number of ether oxygens (including phenoxy) is 6. The molecule has 246 valence electrons. The van der Waals surface area contributed by atoms with E-state index in [1.807, 2.05) is 30.3 Å². The number of hydrogen-bond donors (Lipinski definition) is 0. The van der Waals surface area contributed by atoms with E-state index >= 15 is 0 Å². The first-order valence-corrected chi connectivity index (χ1v) is 16.6. The van der Waals surface area contributed by atoms with Gasteiger partial charge in [-0.1, -0.05) is 49.6 Å². The molecular formula is C41H46O6. The Hall–Kier alpha value is -4.84. The van der Waals surface area contributed by atoms with Crippen LogP contribution in [-0.4, -0.2) is 33.2 Å². The Morgan fingerprint density at radius 3 is 1.55 bits per heavy atom. The molecule has 4 aromatic rings. The lowest BCUT2D eigenvalue weighted by Gasteiger charge is -2.11. The van der Waals surface area contributed by atoms with Crippen LogP contribution in [0.5, 0.6) is 23.0 Å². The molecule has 0 fully saturated rings. The summed E-state index contributed by atoms with van der Waals surface area (Å²) in [5.41, 5.74) is 7.79. The van der Waals surface area contributed by atoms with E-state index in [1.165, 1.54) is 45.9 Å². The molecule has 0 bridgehead atoms. The molecule has 0 N–H and O–H groups in total. The van der Waals surface area contributed by atoms with E-state index in [1.54, 1.807) is 0 Å². The van der Waals surface area contributed by atoms with Crippen LogP contribution in [0.25, 0.3) is 11.1 Å². The summed E-state index contributed by atoms with van der Waals surface area (Å²) in [6.45, 7) is 10.1. The van der Waals surface area contributed by atoms with Crippen molar-refractivity contribution in [2.45, 2.75) is 51.4 Å². The molecule has 0 unspecified atom stereocenters. The lowest BCUT2D eigenvalue weighted by atomic mass is 9.99. The van der Waals surface area contributed by atoms with Crippen molar-refractivity contribution in [1.29, 1.82) is 0 Å². The second-order valence-electron chi connectivity index (χ2n) is 11.6. The fourth-order valence-corrected chi connectivity index (χ4v) is 5.65. The van der Waals surface area contributed by atoms with Gasteiger partial charge in [0.2, 0.25) is 6.79 Å². The summed E-state index contributed by atoms with van der Waals surface area (Å²) in [6.07, 6.45) is 10.9. The zero-order valence-corrected chi connectivity index (χ0v) is 27.3. The summed E-state index contributed by atoms with van der Waals surface area (Å²) in [5, 5.41) is 0. The van der Waals surface area contributed by atoms with E-state index in [0.29, 0.717) is 13.2 Å². The predicted octanol–water partition coefficient (Wildman–Crippen LogP) is 9.68. The standard InChI is InChI=1S/C41H46O6/c1-3-42-23-7-5-9-25-44-36-14-11-32(12-15-36)27-33-13-21-40-34(28-33)29-35-30-39(20-22-41(35)40)47-31-46-38-18-16-37(17-19-38)45-26-10-6-8-24-43-4-2/h3-4,11-22,28,30H,1-2,5-10,23-27,29,31H2. The summed E-state index contributed by atoms with van der Waals surface area (Å²) in [5.74, 6) is 3.29. The monoisotopic (exact) mass is 634 g/mol. The molecule has 0 amide bonds. The molecule has 0 aromatic heterocycles. The molecule has 0 saturated carbocycles. The van der Waals surface area contributed by atoms with Gasteiger partial charge in [-0.05, 0) is 133 Å². The minimum absolute atomic E-state index is 0.137. The van der Waals surface area contributed by atoms with Gasteiger partial charge in [0.1, 0.15) is 23.0 Å². The van der Waals surface area contributed by atoms with Gasteiger partial charge in [-0.15, -0.1) is 0 Å². The maximum atomic E-state index is 5.96. The first-order chi connectivity index (χ1) is 23.2. The Morgan fingerprint density at radius 1 is 0.468 bits per heavy atom. The van der Waals surface area contributed by atoms with Crippen LogP contribution in [-0.2, 0) is 22.3 Å². The van der Waals surface area contributed by atoms with Crippen LogP contribution in [0.2, 0.25) is 0 Å². The van der Waals surface area contributed by atoms with Crippen LogP contribution in [0.15, 0.2) is 111 Å². The molecule has 6 nitrogen and oxygen atoms in total. The minimum Gasteiger partial charge on any atom is -0.502 e. The van der Waals surface area contributed by atoms with Crippen LogP contribution in [0.1, 0.15) is 60.8 Å². The number of hydrogen-bond acceptors (Lipinski definition) is 6. The van der Waals surface area contributed by atoms with E-state index < -0.39 is 0 Å². The van der Waals surface area contributed by atoms with Gasteiger partial charge in [-0.3, -0.25) is 0 Å². The quantitative estimate of drug-likeness (QED) is 0.0429. The third kappa shape index (κ3) is 10.6. The molecule has 1 aliphatic rings. The number of unbranched alkanes of at least 4 members (excludes halogenated alkanes) is 4. The summed E-state index contributed by atoms with van der Waals surface area (Å²) in [4.78, 5) is 0. The van der Waals surface area contributed by atoms with Crippen LogP contribution < -0.4 is 18.9 Å². The van der Waals surface area contributed by atoms with Crippen molar-refractivity contribution in [3.8, 4) is 34.1 Å². The highest BCUT2D eigenvalue weighted by Crippen LogP contribution is 2.39. The van der Waals surface area contributed by atoms with Crippen molar-refractivity contribution >= 4 is 0 Å². The summed E-state index contributed by atoms with van der Waals surface area (Å²) in [6, 6.07) is 29.3. The Kier molecular flexibility index (Phi) is 13.1. The Bertz CT molecular complexity index is 1540. The van der Waals surface area contributed by atoms with Crippen molar-refractivity contribution in [2.75, 3.05) is 33.2 Å². The third-order valence-electron chi connectivity index (χ3n) is 8.11. The van der Waals surface area contributed by atoms with Gasteiger partial charge >= 0.3 is 0 Å². The summed E-state index contributed by atoms with van der Waals surface area (Å²) in [7, 11) is 0. The van der Waals surface area contributed by atoms with Crippen molar-refractivity contribution in [3.05, 3.63) is 133 Å². The topological polar surface area (TPSA) is 55.4 Å². The maximum absolute atomic E-state index is 5.96. The highest BCUT2D eigenvalue weighted by atomic mass is 16.7. The summed E-state index contributed by atoms with van der Waals surface area (Å²) < 4.78 is 33.8. The number of rotatable bonds is 22. The molecular weight excluding hydrogens is 588 g/mol. The molecule has 6 heteroatoms. The molecule has 4 aromatic carbocycles. The van der Waals surface area contributed by atoms with Crippen molar-refractivity contribution in [1.82, 2.24) is 0 Å². The van der Waals surface area contributed by atoms with E-state index in [4.69, 9.17) is 28.4 Å². The normalized spacial score (nSPS) is 11.2. The SMILES string of the molecule is C=COCCCCCOc1ccc(Cc2ccc3c(c2)Cc2cc(OCOc4ccc(OCCCCCOC=C)cc4)ccc2-3)cc1. The average molecular weight is 635 g/mol. The van der Waals surface area contributed by atoms with E-state index in [9.17, 15) is 0 Å². The Balaban J connectivity index is 1.03. The highest BCUT2D eigenvalue weighted by molar-refractivity contribution is 5.77. The van der Waals surface area contributed by atoms with Crippen LogP contribution in [0.4, 0.5) is 0 Å². The van der Waals surface area contributed by atoms with Gasteiger partial charge in [0.25, 0.3) is 0 Å². The minimum atomic E-state index is 0.137. The van der Waals surface area contributed by atoms with Gasteiger partial charge in [-0.25, -0.2) is 0 Å². The molecule has 5 rings (SSSR count). The summed E-state index contributed by atoms with van der Waals surface area (Å²) >= 11 is 0. The number of benzene rings is 4. The fraction of sp³-hybridized carbons (Fsp3) is 0.317. The highest BCUT2D eigenvalue weighted by Gasteiger charge is 2.19. The maximum Gasteiger partial charge on any atom is 0.230 e. The van der Waals surface area contributed by atoms with Crippen molar-refractivity contribution < 1.29 is 28.4 Å². The van der Waals surface area contributed by atoms with Gasteiger partial charge in [-0.2, -0.15) is 0 Å². The van der Waals surface area contributed by atoms with E-state index in [0.717, 1.165) is 87.6 Å². The lowest BCUT2D eigenvalue weighted by Crippen LogP contribution is -2.06. The Labute approximate surface area is 279 Å². The zero-order valence-electron chi connectivity index (χ0n) is 27.3. The van der Waals surface area contributed by atoms with E-state index in [-0.39, 0.29) is 6.79 Å². The molecule has 1 aliphatic carbocycles. The van der Waals surface area contributed by atoms with Gasteiger partial charge < -0.3 is 28.4 Å². The largest absolute Gasteiger partial charge is 0.502 e. The molecule has 0 heterocycles. The second-order valence-corrected chi connectivity index (χ2v) is 11.6. The molecule has 47 heavy (non-hydrogen) atoms. The molecule has 0 atom stereocenters. The lowest BCUT2D eigenvalue weighted by molar-refractivity contribution is 0.119. The molecule has 0 saturated heterocycles. The van der Waals surface area contributed by atoms with Gasteiger partial charge in [0, 0.05) is 0 Å². The van der Waals surface area contributed by atoms with Crippen LogP contribution >= 0.6 is 0 Å². The van der Waals surface area contributed by atoms with Crippen LogP contribution in [0, 0.1) is 0 Å². The van der Waals surface area contributed by atoms with Crippen molar-refractivity contribution in [3.63, 3.8) is 0 Å². The first-order valence-electron chi connectivity index (χ1n) is 16.6. The number of fused-ring (bicyclic) bond motifs is 3. The second kappa shape index (κ2) is 18.3. The molecule has 0 radical (unpaired) electrons. The van der Waals surface area contributed by atoms with E-state index in [2.05, 4.69) is 67.8 Å². The fourth-order valence-electron chi connectivity index (χ4n) is 5.65. The molecule has 0 spiro atoms. The van der Waals surface area contributed by atoms with Crippen molar-refractivity contribution in [2.24, 2.45) is 0 Å². The predicted molar refractivity (Wildman–Crippen MR) is 187 cm³/mol. The average Bonchev–Trinajstić information content (AvgIpc) is 3.46. The smallest absolute Gasteiger partial charge is 0.230 e.